The molecule has 5 nitrogen and oxygen atoms in total. The molecule has 0 amide bonds. The lowest BCUT2D eigenvalue weighted by Crippen LogP contribution is -2.18. The van der Waals surface area contributed by atoms with Crippen molar-refractivity contribution in [1.82, 2.24) is 0 Å². The van der Waals surface area contributed by atoms with Gasteiger partial charge in [-0.3, -0.25) is 9.59 Å². The highest BCUT2D eigenvalue weighted by Crippen LogP contribution is 2.28. The zero-order chi connectivity index (χ0) is 26.6. The largest absolute Gasteiger partial charge is 0.486 e. The monoisotopic (exact) mass is 494 g/mol. The van der Waals surface area contributed by atoms with Gasteiger partial charge in [0.25, 0.3) is 6.47 Å². The van der Waals surface area contributed by atoms with E-state index in [0.29, 0.717) is 18.5 Å². The van der Waals surface area contributed by atoms with Crippen LogP contribution in [-0.4, -0.2) is 18.0 Å². The Morgan fingerprint density at radius 2 is 1.50 bits per heavy atom. The van der Waals surface area contributed by atoms with Crippen molar-refractivity contribution in [2.45, 2.75) is 59.9 Å². The van der Waals surface area contributed by atoms with Gasteiger partial charge in [0.05, 0.1) is 5.92 Å². The van der Waals surface area contributed by atoms with Crippen LogP contribution in [0.3, 0.4) is 0 Å². The number of esters is 1. The smallest absolute Gasteiger partial charge is 0.309 e. The number of carbonyl (C=O) groups is 2. The van der Waals surface area contributed by atoms with E-state index in [2.05, 4.69) is 4.74 Å². The minimum absolute atomic E-state index is 0.196. The molecular weight excluding hydrogens is 459 g/mol. The van der Waals surface area contributed by atoms with E-state index in [9.17, 15) is 14.0 Å². The van der Waals surface area contributed by atoms with Gasteiger partial charge in [0.15, 0.2) is 11.6 Å². The fraction of sp³-hybridized carbons (Fsp3) is 0.333. The van der Waals surface area contributed by atoms with Crippen molar-refractivity contribution in [1.29, 1.82) is 0 Å². The molecule has 0 aliphatic carbocycles. The predicted octanol–water partition coefficient (Wildman–Crippen LogP) is 6.59. The lowest BCUT2D eigenvalue weighted by Gasteiger charge is -2.17. The van der Waals surface area contributed by atoms with Crippen molar-refractivity contribution >= 4 is 12.4 Å². The summed E-state index contributed by atoms with van der Waals surface area (Å²) in [6.45, 7) is 10.0. The van der Waals surface area contributed by atoms with Crippen LogP contribution in [0.2, 0.25) is 0 Å². The summed E-state index contributed by atoms with van der Waals surface area (Å²) in [5, 5.41) is 0. The normalized spacial score (nSPS) is 11.5. The Morgan fingerprint density at radius 1 is 0.944 bits per heavy atom. The van der Waals surface area contributed by atoms with Crippen LogP contribution in [0.25, 0.3) is 0 Å². The van der Waals surface area contributed by atoms with Crippen LogP contribution in [0.15, 0.2) is 72.8 Å². The molecule has 6 heteroatoms. The molecule has 3 rings (SSSR count). The summed E-state index contributed by atoms with van der Waals surface area (Å²) in [6.07, 6.45) is 0.344. The van der Waals surface area contributed by atoms with Gasteiger partial charge < -0.3 is 14.2 Å². The molecule has 192 valence electrons. The molecule has 0 bridgehead atoms. The molecule has 36 heavy (non-hydrogen) atoms. The summed E-state index contributed by atoms with van der Waals surface area (Å²) >= 11 is 0. The Balaban J connectivity index is 0.000000572. The summed E-state index contributed by atoms with van der Waals surface area (Å²) in [5.74, 6) is -0.952. The molecule has 0 aliphatic heterocycles. The van der Waals surface area contributed by atoms with E-state index < -0.39 is 11.7 Å². The minimum atomic E-state index is -0.418. The van der Waals surface area contributed by atoms with Crippen molar-refractivity contribution in [2.75, 3.05) is 0 Å². The highest BCUT2D eigenvalue weighted by atomic mass is 19.1. The lowest BCUT2D eigenvalue weighted by atomic mass is 9.98. The molecule has 1 unspecified atom stereocenters. The maximum absolute atomic E-state index is 14.6. The number of hydrogen-bond donors (Lipinski definition) is 0. The van der Waals surface area contributed by atoms with Gasteiger partial charge in [-0.15, -0.1) is 0 Å². The van der Waals surface area contributed by atoms with Crippen molar-refractivity contribution < 1.29 is 28.2 Å². The second-order valence-electron chi connectivity index (χ2n) is 9.53. The number of ether oxygens (including phenoxy) is 3. The Kier molecular flexibility index (Phi) is 11.1. The second-order valence-corrected chi connectivity index (χ2v) is 9.53. The van der Waals surface area contributed by atoms with Crippen LogP contribution in [0.4, 0.5) is 4.39 Å². The zero-order valence-electron chi connectivity index (χ0n) is 21.6. The van der Waals surface area contributed by atoms with Crippen LogP contribution in [0.1, 0.15) is 49.9 Å². The number of benzene rings is 3. The van der Waals surface area contributed by atoms with Gasteiger partial charge in [0, 0.05) is 0 Å². The Bertz CT molecular complexity index is 1090. The van der Waals surface area contributed by atoms with Crippen molar-refractivity contribution in [3.8, 4) is 5.75 Å². The minimum Gasteiger partial charge on any atom is -0.486 e. The third-order valence-corrected chi connectivity index (χ3v) is 5.04. The van der Waals surface area contributed by atoms with Crippen molar-refractivity contribution in [2.24, 2.45) is 5.92 Å². The quantitative estimate of drug-likeness (QED) is 0.248. The van der Waals surface area contributed by atoms with E-state index in [4.69, 9.17) is 9.47 Å². The zero-order valence-corrected chi connectivity index (χ0v) is 21.6. The first-order chi connectivity index (χ1) is 17.1. The predicted molar refractivity (Wildman–Crippen MR) is 138 cm³/mol. The molecule has 0 heterocycles. The van der Waals surface area contributed by atoms with Crippen LogP contribution in [0, 0.1) is 18.7 Å². The van der Waals surface area contributed by atoms with Gasteiger partial charge in [-0.2, -0.15) is 0 Å². The fourth-order valence-corrected chi connectivity index (χ4v) is 3.27. The van der Waals surface area contributed by atoms with E-state index in [0.717, 1.165) is 16.7 Å². The number of aryl methyl sites for hydroxylation is 1. The summed E-state index contributed by atoms with van der Waals surface area (Å²) in [6, 6.07) is 22.4. The number of rotatable bonds is 9. The maximum atomic E-state index is 14.6. The van der Waals surface area contributed by atoms with Gasteiger partial charge in [-0.25, -0.2) is 4.39 Å². The second kappa shape index (κ2) is 14.0. The fourth-order valence-electron chi connectivity index (χ4n) is 3.27. The summed E-state index contributed by atoms with van der Waals surface area (Å²) in [4.78, 5) is 22.0. The van der Waals surface area contributed by atoms with Crippen molar-refractivity contribution in [3.63, 3.8) is 0 Å². The molecule has 0 saturated carbocycles. The lowest BCUT2D eigenvalue weighted by molar-refractivity contribution is -0.149. The van der Waals surface area contributed by atoms with E-state index in [1.165, 1.54) is 6.07 Å². The van der Waals surface area contributed by atoms with Crippen LogP contribution in [-0.2, 0) is 38.7 Å². The van der Waals surface area contributed by atoms with Gasteiger partial charge >= 0.3 is 5.97 Å². The number of hydrogen-bond acceptors (Lipinski definition) is 5. The van der Waals surface area contributed by atoms with E-state index in [1.807, 2.05) is 94.4 Å². The Morgan fingerprint density at radius 3 is 2.00 bits per heavy atom. The summed E-state index contributed by atoms with van der Waals surface area (Å²) in [7, 11) is 0. The topological polar surface area (TPSA) is 61.8 Å². The van der Waals surface area contributed by atoms with Gasteiger partial charge in [-0.05, 0) is 62.4 Å². The molecular formula is C30H35FO5. The third kappa shape index (κ3) is 10.3. The first kappa shape index (κ1) is 28.6. The summed E-state index contributed by atoms with van der Waals surface area (Å²) < 4.78 is 30.4. The molecule has 3 aromatic rings. The summed E-state index contributed by atoms with van der Waals surface area (Å²) in [5.41, 5.74) is 3.02. The molecule has 1 atom stereocenters. The van der Waals surface area contributed by atoms with Crippen LogP contribution < -0.4 is 4.74 Å². The number of carbonyl (C=O) groups excluding carboxylic acids is 2. The SMILES string of the molecule is CC(C)(C)OC=O.Cc1cc(F)c(OCc2ccccc2)c(CC(C)C(=O)OCc2ccccc2)c1. The molecule has 0 aromatic heterocycles. The molecule has 0 radical (unpaired) electrons. The molecule has 3 aromatic carbocycles. The molecule has 0 N–H and O–H groups in total. The molecule has 0 spiro atoms. The van der Waals surface area contributed by atoms with E-state index in [1.54, 1.807) is 6.92 Å². The van der Waals surface area contributed by atoms with E-state index in [-0.39, 0.29) is 30.5 Å². The molecule has 0 saturated heterocycles. The van der Waals surface area contributed by atoms with Crippen molar-refractivity contribution in [3.05, 3.63) is 101 Å². The Hall–Kier alpha value is -3.67. The van der Waals surface area contributed by atoms with Crippen LogP contribution >= 0.6 is 0 Å². The average molecular weight is 495 g/mol. The Labute approximate surface area is 213 Å². The standard InChI is InChI=1S/C25H25FO3.C5H10O2/c1-18-13-22(15-19(2)25(27)29-17-21-11-7-4-8-12-21)24(23(26)14-18)28-16-20-9-5-3-6-10-20;1-5(2,3)7-4-6/h3-14,19H,15-17H2,1-2H3;4H,1-3H3. The first-order valence-corrected chi connectivity index (χ1v) is 11.9. The average Bonchev–Trinajstić information content (AvgIpc) is 2.83. The first-order valence-electron chi connectivity index (χ1n) is 11.9. The third-order valence-electron chi connectivity index (χ3n) is 5.04. The van der Waals surface area contributed by atoms with Gasteiger partial charge in [0.1, 0.15) is 18.8 Å². The molecule has 0 fully saturated rings. The maximum Gasteiger partial charge on any atom is 0.309 e. The van der Waals surface area contributed by atoms with Gasteiger partial charge in [-0.1, -0.05) is 73.7 Å². The van der Waals surface area contributed by atoms with E-state index >= 15 is 0 Å². The van der Waals surface area contributed by atoms with Crippen LogP contribution in [0.5, 0.6) is 5.75 Å². The number of halogens is 1. The molecule has 0 aliphatic rings. The van der Waals surface area contributed by atoms with Gasteiger partial charge in [0.2, 0.25) is 0 Å². The highest BCUT2D eigenvalue weighted by Gasteiger charge is 2.20. The highest BCUT2D eigenvalue weighted by molar-refractivity contribution is 5.72.